The van der Waals surface area contributed by atoms with Gasteiger partial charge in [0.2, 0.25) is 11.8 Å². The van der Waals surface area contributed by atoms with E-state index in [1.807, 2.05) is 24.3 Å². The van der Waals surface area contributed by atoms with E-state index in [0.29, 0.717) is 39.0 Å². The van der Waals surface area contributed by atoms with Crippen LogP contribution in [0, 0.1) is 0 Å². The van der Waals surface area contributed by atoms with E-state index in [2.05, 4.69) is 10.1 Å². The van der Waals surface area contributed by atoms with Crippen molar-refractivity contribution in [1.82, 2.24) is 24.6 Å². The fraction of sp³-hybridized carbons (Fsp3) is 0.444. The highest BCUT2D eigenvalue weighted by Crippen LogP contribution is 2.16. The van der Waals surface area contributed by atoms with Crippen LogP contribution in [-0.2, 0) is 22.7 Å². The molecule has 2 aromatic rings. The minimum Gasteiger partial charge on any atom is -0.497 e. The smallest absolute Gasteiger partial charge is 0.242 e. The molecular weight excluding hydrogens is 334 g/mol. The second kappa shape index (κ2) is 8.46. The Kier molecular flexibility index (Phi) is 5.83. The topological polar surface area (TPSA) is 80.6 Å². The highest BCUT2D eigenvalue weighted by atomic mass is 16.5. The summed E-state index contributed by atoms with van der Waals surface area (Å²) in [4.78, 5) is 32.0. The number of amides is 2. The maximum absolute atomic E-state index is 12.4. The van der Waals surface area contributed by atoms with Crippen molar-refractivity contribution in [2.75, 3.05) is 26.7 Å². The molecule has 1 aliphatic heterocycles. The van der Waals surface area contributed by atoms with Crippen molar-refractivity contribution >= 4 is 11.8 Å². The molecule has 0 bridgehead atoms. The lowest BCUT2D eigenvalue weighted by atomic mass is 10.1. The molecule has 2 amide bonds. The minimum absolute atomic E-state index is 0.0134. The van der Waals surface area contributed by atoms with Crippen molar-refractivity contribution < 1.29 is 14.3 Å². The molecule has 0 spiro atoms. The molecule has 0 saturated carbocycles. The van der Waals surface area contributed by atoms with E-state index in [1.54, 1.807) is 27.9 Å². The molecule has 3 rings (SSSR count). The van der Waals surface area contributed by atoms with Gasteiger partial charge in [0.05, 0.1) is 13.7 Å². The zero-order valence-electron chi connectivity index (χ0n) is 14.9. The lowest BCUT2D eigenvalue weighted by Crippen LogP contribution is -2.51. The lowest BCUT2D eigenvalue weighted by Gasteiger charge is -2.34. The average molecular weight is 357 g/mol. The van der Waals surface area contributed by atoms with Crippen LogP contribution in [0.1, 0.15) is 18.4 Å². The first-order chi connectivity index (χ1) is 12.7. The number of methoxy groups -OCH3 is 1. The molecule has 138 valence electrons. The van der Waals surface area contributed by atoms with Gasteiger partial charge >= 0.3 is 0 Å². The monoisotopic (exact) mass is 357 g/mol. The predicted molar refractivity (Wildman–Crippen MR) is 94.2 cm³/mol. The van der Waals surface area contributed by atoms with Crippen LogP contribution < -0.4 is 4.74 Å². The van der Waals surface area contributed by atoms with E-state index in [9.17, 15) is 9.59 Å². The Morgan fingerprint density at radius 1 is 1.31 bits per heavy atom. The van der Waals surface area contributed by atoms with Gasteiger partial charge in [-0.3, -0.25) is 14.3 Å². The van der Waals surface area contributed by atoms with Crippen molar-refractivity contribution in [2.24, 2.45) is 0 Å². The van der Waals surface area contributed by atoms with E-state index in [1.165, 1.54) is 6.33 Å². The number of hydrogen-bond donors (Lipinski definition) is 0. The van der Waals surface area contributed by atoms with Crippen LogP contribution in [0.15, 0.2) is 36.9 Å². The third-order valence-electron chi connectivity index (χ3n) is 4.42. The fourth-order valence-corrected chi connectivity index (χ4v) is 2.98. The zero-order valence-corrected chi connectivity index (χ0v) is 14.9. The van der Waals surface area contributed by atoms with Gasteiger partial charge in [0.15, 0.2) is 0 Å². The van der Waals surface area contributed by atoms with Crippen molar-refractivity contribution in [1.29, 1.82) is 0 Å². The van der Waals surface area contributed by atoms with Crippen LogP contribution in [0.2, 0.25) is 0 Å². The Bertz CT molecular complexity index is 747. The Morgan fingerprint density at radius 2 is 2.19 bits per heavy atom. The van der Waals surface area contributed by atoms with Gasteiger partial charge in [-0.15, -0.1) is 0 Å². The van der Waals surface area contributed by atoms with Crippen LogP contribution >= 0.6 is 0 Å². The Hall–Kier alpha value is -2.90. The van der Waals surface area contributed by atoms with Gasteiger partial charge in [-0.2, -0.15) is 5.10 Å². The standard InChI is InChI=1S/C18H23N5O3/c1-26-16-5-2-4-15(10-16)11-21-8-9-22(12-18(21)25)17(24)6-3-7-23-14-19-13-20-23/h2,4-5,10,13-14H,3,6-9,11-12H2,1H3. The molecule has 0 atom stereocenters. The number of piperazine rings is 1. The Morgan fingerprint density at radius 3 is 2.92 bits per heavy atom. The van der Waals surface area contributed by atoms with Gasteiger partial charge < -0.3 is 14.5 Å². The van der Waals surface area contributed by atoms with Gasteiger partial charge in [0.25, 0.3) is 0 Å². The van der Waals surface area contributed by atoms with E-state index < -0.39 is 0 Å². The summed E-state index contributed by atoms with van der Waals surface area (Å²) in [7, 11) is 1.62. The number of aromatic nitrogens is 3. The molecule has 2 heterocycles. The quantitative estimate of drug-likeness (QED) is 0.737. The highest BCUT2D eigenvalue weighted by molar-refractivity contribution is 5.86. The summed E-state index contributed by atoms with van der Waals surface area (Å²) in [5.74, 6) is 0.763. The van der Waals surface area contributed by atoms with E-state index in [4.69, 9.17) is 4.74 Å². The normalized spacial score (nSPS) is 14.6. The molecular formula is C18H23N5O3. The molecule has 0 aliphatic carbocycles. The van der Waals surface area contributed by atoms with E-state index in [0.717, 1.165) is 11.3 Å². The first-order valence-electron chi connectivity index (χ1n) is 8.66. The van der Waals surface area contributed by atoms with Gasteiger partial charge in [0.1, 0.15) is 18.4 Å². The second-order valence-corrected chi connectivity index (χ2v) is 6.24. The van der Waals surface area contributed by atoms with Gasteiger partial charge in [-0.1, -0.05) is 12.1 Å². The number of aryl methyl sites for hydroxylation is 1. The number of benzene rings is 1. The van der Waals surface area contributed by atoms with Crippen LogP contribution in [0.5, 0.6) is 5.75 Å². The van der Waals surface area contributed by atoms with Crippen molar-refractivity contribution in [3.05, 3.63) is 42.5 Å². The molecule has 0 unspecified atom stereocenters. The summed E-state index contributed by atoms with van der Waals surface area (Å²) >= 11 is 0. The van der Waals surface area contributed by atoms with Crippen LogP contribution in [0.4, 0.5) is 0 Å². The maximum atomic E-state index is 12.4. The molecule has 1 fully saturated rings. The number of carbonyl (C=O) groups is 2. The zero-order chi connectivity index (χ0) is 18.4. The molecule has 0 radical (unpaired) electrons. The highest BCUT2D eigenvalue weighted by Gasteiger charge is 2.26. The Balaban J connectivity index is 1.46. The van der Waals surface area contributed by atoms with Crippen LogP contribution in [-0.4, -0.2) is 63.1 Å². The third kappa shape index (κ3) is 4.59. The number of nitrogens with zero attached hydrogens (tertiary/aromatic N) is 5. The number of rotatable bonds is 7. The van der Waals surface area contributed by atoms with Crippen LogP contribution in [0.25, 0.3) is 0 Å². The summed E-state index contributed by atoms with van der Waals surface area (Å²) in [6.07, 6.45) is 4.19. The average Bonchev–Trinajstić information content (AvgIpc) is 3.17. The van der Waals surface area contributed by atoms with Gasteiger partial charge in [0, 0.05) is 32.6 Å². The first-order valence-corrected chi connectivity index (χ1v) is 8.66. The molecule has 1 saturated heterocycles. The first kappa shape index (κ1) is 17.9. The predicted octanol–water partition coefficient (Wildman–Crippen LogP) is 0.938. The second-order valence-electron chi connectivity index (χ2n) is 6.24. The summed E-state index contributed by atoms with van der Waals surface area (Å²) < 4.78 is 6.92. The third-order valence-corrected chi connectivity index (χ3v) is 4.42. The Labute approximate surface area is 152 Å². The minimum atomic E-state index is -0.0244. The molecule has 1 aromatic heterocycles. The van der Waals surface area contributed by atoms with Crippen molar-refractivity contribution in [2.45, 2.75) is 25.9 Å². The molecule has 1 aliphatic rings. The lowest BCUT2D eigenvalue weighted by molar-refractivity contribution is -0.145. The summed E-state index contributed by atoms with van der Waals surface area (Å²) in [6.45, 7) is 2.44. The molecule has 26 heavy (non-hydrogen) atoms. The number of ether oxygens (including phenoxy) is 1. The maximum Gasteiger partial charge on any atom is 0.242 e. The van der Waals surface area contributed by atoms with Crippen molar-refractivity contribution in [3.63, 3.8) is 0 Å². The van der Waals surface area contributed by atoms with Crippen molar-refractivity contribution in [3.8, 4) is 5.75 Å². The number of carbonyl (C=O) groups excluding carboxylic acids is 2. The fourth-order valence-electron chi connectivity index (χ4n) is 2.98. The van der Waals surface area contributed by atoms with Gasteiger partial charge in [-0.05, 0) is 24.1 Å². The van der Waals surface area contributed by atoms with E-state index >= 15 is 0 Å². The molecule has 8 nitrogen and oxygen atoms in total. The summed E-state index contributed by atoms with van der Waals surface area (Å²) in [5.41, 5.74) is 1.02. The molecule has 1 aromatic carbocycles. The van der Waals surface area contributed by atoms with E-state index in [-0.39, 0.29) is 18.4 Å². The van der Waals surface area contributed by atoms with Crippen LogP contribution in [0.3, 0.4) is 0 Å². The number of hydrogen-bond acceptors (Lipinski definition) is 5. The summed E-state index contributed by atoms with van der Waals surface area (Å²) in [5, 5.41) is 4.01. The van der Waals surface area contributed by atoms with Gasteiger partial charge in [-0.25, -0.2) is 4.98 Å². The summed E-state index contributed by atoms with van der Waals surface area (Å²) in [6, 6.07) is 7.68. The molecule has 0 N–H and O–H groups in total. The largest absolute Gasteiger partial charge is 0.497 e. The molecule has 8 heteroatoms. The SMILES string of the molecule is COc1cccc(CN2CCN(C(=O)CCCn3cncn3)CC2=O)c1.